The molecule has 0 fully saturated rings. The fraction of sp³-hybridized carbons (Fsp3) is 0.500. The molecule has 1 aromatic rings. The minimum atomic E-state index is 1.16. The van der Waals surface area contributed by atoms with Crippen LogP contribution in [0.25, 0.3) is 0 Å². The molecule has 0 radical (unpaired) electrons. The van der Waals surface area contributed by atoms with Gasteiger partial charge in [0.2, 0.25) is 0 Å². The topological polar surface area (TPSA) is 12.9 Å². The van der Waals surface area contributed by atoms with E-state index in [0.717, 1.165) is 6.42 Å². The van der Waals surface area contributed by atoms with Crippen LogP contribution in [0.5, 0.6) is 0 Å². The predicted molar refractivity (Wildman–Crippen MR) is 57.7 cm³/mol. The van der Waals surface area contributed by atoms with E-state index in [1.54, 1.807) is 0 Å². The summed E-state index contributed by atoms with van der Waals surface area (Å²) in [6, 6.07) is 4.13. The second kappa shape index (κ2) is 8.60. The average Bonchev–Trinajstić information content (AvgIpc) is 2.19. The number of nitrogens with zero attached hydrogens (tertiary/aromatic N) is 1. The first-order valence-electron chi connectivity index (χ1n) is 4.31. The van der Waals surface area contributed by atoms with Gasteiger partial charge in [0.1, 0.15) is 0 Å². The average molecular weight is 183 g/mol. The van der Waals surface area contributed by atoms with Crippen molar-refractivity contribution in [1.29, 1.82) is 0 Å². The standard InChI is InChI=1S/C8H11NS.C2H6/c1-10-7-4-8-2-5-9-6-3-8;1-2/h2-3,5-6H,4,7H2,1H3;1-2H3. The molecule has 0 aliphatic carbocycles. The molecule has 68 valence electrons. The number of aromatic nitrogens is 1. The smallest absolute Gasteiger partial charge is 0.0270 e. The quantitative estimate of drug-likeness (QED) is 0.714. The van der Waals surface area contributed by atoms with Gasteiger partial charge in [-0.3, -0.25) is 4.98 Å². The third kappa shape index (κ3) is 5.19. The van der Waals surface area contributed by atoms with Gasteiger partial charge in [0.25, 0.3) is 0 Å². The molecule has 1 nitrogen and oxygen atoms in total. The van der Waals surface area contributed by atoms with Crippen LogP contribution in [0, 0.1) is 0 Å². The highest BCUT2D eigenvalue weighted by Gasteiger charge is 1.88. The zero-order valence-electron chi connectivity index (χ0n) is 8.08. The highest BCUT2D eigenvalue weighted by atomic mass is 32.2. The monoisotopic (exact) mass is 183 g/mol. The van der Waals surface area contributed by atoms with Gasteiger partial charge in [-0.2, -0.15) is 11.8 Å². The predicted octanol–water partition coefficient (Wildman–Crippen LogP) is 3.01. The van der Waals surface area contributed by atoms with E-state index in [1.807, 2.05) is 38.0 Å². The molecule has 1 heterocycles. The van der Waals surface area contributed by atoms with Gasteiger partial charge in [-0.15, -0.1) is 0 Å². The first-order valence-corrected chi connectivity index (χ1v) is 5.70. The summed E-state index contributed by atoms with van der Waals surface area (Å²) in [5.74, 6) is 1.20. The zero-order valence-corrected chi connectivity index (χ0v) is 8.90. The molecule has 0 bridgehead atoms. The van der Waals surface area contributed by atoms with E-state index < -0.39 is 0 Å². The van der Waals surface area contributed by atoms with E-state index in [0.29, 0.717) is 0 Å². The van der Waals surface area contributed by atoms with Gasteiger partial charge in [0, 0.05) is 12.4 Å². The number of hydrogen-bond donors (Lipinski definition) is 0. The molecule has 0 spiro atoms. The second-order valence-electron chi connectivity index (χ2n) is 2.10. The largest absolute Gasteiger partial charge is 0.265 e. The van der Waals surface area contributed by atoms with Gasteiger partial charge in [0.15, 0.2) is 0 Å². The normalized spacial score (nSPS) is 8.58. The van der Waals surface area contributed by atoms with Crippen molar-refractivity contribution >= 4 is 11.8 Å². The van der Waals surface area contributed by atoms with E-state index in [9.17, 15) is 0 Å². The van der Waals surface area contributed by atoms with Crippen LogP contribution in [0.3, 0.4) is 0 Å². The van der Waals surface area contributed by atoms with E-state index in [-0.39, 0.29) is 0 Å². The van der Waals surface area contributed by atoms with Gasteiger partial charge in [-0.1, -0.05) is 13.8 Å². The van der Waals surface area contributed by atoms with Crippen molar-refractivity contribution in [2.24, 2.45) is 0 Å². The van der Waals surface area contributed by atoms with E-state index in [1.165, 1.54) is 11.3 Å². The van der Waals surface area contributed by atoms with Crippen LogP contribution < -0.4 is 0 Å². The Morgan fingerprint density at radius 3 is 2.33 bits per heavy atom. The van der Waals surface area contributed by atoms with Crippen molar-refractivity contribution in [1.82, 2.24) is 4.98 Å². The number of pyridine rings is 1. The molecule has 12 heavy (non-hydrogen) atoms. The fourth-order valence-corrected chi connectivity index (χ4v) is 1.21. The van der Waals surface area contributed by atoms with Gasteiger partial charge in [-0.05, 0) is 36.1 Å². The van der Waals surface area contributed by atoms with Crippen LogP contribution in [-0.4, -0.2) is 17.0 Å². The Balaban J connectivity index is 0.000000561. The Morgan fingerprint density at radius 2 is 1.83 bits per heavy atom. The molecule has 0 aliphatic heterocycles. The lowest BCUT2D eigenvalue weighted by molar-refractivity contribution is 1.13. The molecular formula is C10H17NS. The molecule has 0 saturated carbocycles. The summed E-state index contributed by atoms with van der Waals surface area (Å²) < 4.78 is 0. The number of thioether (sulfide) groups is 1. The van der Waals surface area contributed by atoms with Crippen LogP contribution in [-0.2, 0) is 6.42 Å². The lowest BCUT2D eigenvalue weighted by Crippen LogP contribution is -1.86. The van der Waals surface area contributed by atoms with Crippen LogP contribution in [0.1, 0.15) is 19.4 Å². The molecule has 0 aliphatic rings. The molecular weight excluding hydrogens is 166 g/mol. The maximum Gasteiger partial charge on any atom is 0.0270 e. The molecule has 0 atom stereocenters. The maximum absolute atomic E-state index is 3.95. The fourth-order valence-electron chi connectivity index (χ4n) is 0.769. The highest BCUT2D eigenvalue weighted by Crippen LogP contribution is 2.01. The van der Waals surface area contributed by atoms with Gasteiger partial charge in [-0.25, -0.2) is 0 Å². The highest BCUT2D eigenvalue weighted by molar-refractivity contribution is 7.98. The second-order valence-corrected chi connectivity index (χ2v) is 3.08. The van der Waals surface area contributed by atoms with Crippen LogP contribution in [0.4, 0.5) is 0 Å². The third-order valence-corrected chi connectivity index (χ3v) is 1.96. The van der Waals surface area contributed by atoms with E-state index in [4.69, 9.17) is 0 Å². The van der Waals surface area contributed by atoms with E-state index >= 15 is 0 Å². The van der Waals surface area contributed by atoms with E-state index in [2.05, 4.69) is 23.4 Å². The van der Waals surface area contributed by atoms with Crippen molar-refractivity contribution in [2.45, 2.75) is 20.3 Å². The van der Waals surface area contributed by atoms with Crippen molar-refractivity contribution < 1.29 is 0 Å². The Morgan fingerprint density at radius 1 is 1.25 bits per heavy atom. The van der Waals surface area contributed by atoms with Gasteiger partial charge < -0.3 is 0 Å². The van der Waals surface area contributed by atoms with Crippen LogP contribution in [0.2, 0.25) is 0 Å². The molecule has 0 aromatic carbocycles. The van der Waals surface area contributed by atoms with Crippen LogP contribution in [0.15, 0.2) is 24.5 Å². The van der Waals surface area contributed by atoms with Gasteiger partial charge >= 0.3 is 0 Å². The SMILES string of the molecule is CC.CSCCc1ccncc1. The molecule has 0 amide bonds. The molecule has 0 unspecified atom stereocenters. The molecule has 2 heteroatoms. The lowest BCUT2D eigenvalue weighted by Gasteiger charge is -1.95. The van der Waals surface area contributed by atoms with Crippen molar-refractivity contribution in [3.05, 3.63) is 30.1 Å². The summed E-state index contributed by atoms with van der Waals surface area (Å²) >= 11 is 1.88. The first kappa shape index (κ1) is 11.5. The number of rotatable bonds is 3. The summed E-state index contributed by atoms with van der Waals surface area (Å²) in [6.45, 7) is 4.00. The number of aryl methyl sites for hydroxylation is 1. The third-order valence-electron chi connectivity index (χ3n) is 1.34. The molecule has 1 aromatic heterocycles. The zero-order chi connectivity index (χ0) is 9.23. The minimum absolute atomic E-state index is 1.16. The lowest BCUT2D eigenvalue weighted by atomic mass is 10.2. The number of hydrogen-bond acceptors (Lipinski definition) is 2. The van der Waals surface area contributed by atoms with Crippen molar-refractivity contribution in [3.8, 4) is 0 Å². The van der Waals surface area contributed by atoms with Crippen LogP contribution >= 0.6 is 11.8 Å². The summed E-state index contributed by atoms with van der Waals surface area (Å²) in [7, 11) is 0. The molecule has 0 N–H and O–H groups in total. The maximum atomic E-state index is 3.95. The van der Waals surface area contributed by atoms with Crippen molar-refractivity contribution in [2.75, 3.05) is 12.0 Å². The van der Waals surface area contributed by atoms with Gasteiger partial charge in [0.05, 0.1) is 0 Å². The first-order chi connectivity index (χ1) is 5.93. The Labute approximate surface area is 79.6 Å². The minimum Gasteiger partial charge on any atom is -0.265 e. The summed E-state index contributed by atoms with van der Waals surface area (Å²) in [5.41, 5.74) is 1.38. The summed E-state index contributed by atoms with van der Waals surface area (Å²) in [4.78, 5) is 3.95. The summed E-state index contributed by atoms with van der Waals surface area (Å²) in [5, 5.41) is 0. The Hall–Kier alpha value is -0.500. The summed E-state index contributed by atoms with van der Waals surface area (Å²) in [6.07, 6.45) is 6.97. The Kier molecular flexibility index (Phi) is 8.24. The Bertz CT molecular complexity index is 174. The molecule has 0 saturated heterocycles. The molecule has 1 rings (SSSR count). The van der Waals surface area contributed by atoms with Crippen molar-refractivity contribution in [3.63, 3.8) is 0 Å².